The topological polar surface area (TPSA) is 117 Å². The van der Waals surface area contributed by atoms with Crippen LogP contribution in [0.25, 0.3) is 5.57 Å². The van der Waals surface area contributed by atoms with Gasteiger partial charge in [0.05, 0.1) is 16.8 Å². The standard InChI is InChI=1S/C22H25FN2O5S2/c23-20-19(18(27)12-26)24-22(31-20)25-21(28)17(11-13-3-1-2-4-13)14-5-7-15(8-6-14)32(29,30)16-9-10-16/h5-8,11,13,16,18,26-27H,1-4,9-10,12H2,(H,24,25,28). The highest BCUT2D eigenvalue weighted by atomic mass is 32.2. The van der Waals surface area contributed by atoms with Gasteiger partial charge in [-0.05, 0) is 49.3 Å². The van der Waals surface area contributed by atoms with Crippen molar-refractivity contribution in [2.75, 3.05) is 11.9 Å². The average Bonchev–Trinajstić information content (AvgIpc) is 3.41. The number of carbonyl (C=O) groups is 1. The van der Waals surface area contributed by atoms with Gasteiger partial charge in [0.2, 0.25) is 5.13 Å². The van der Waals surface area contributed by atoms with E-state index in [1.165, 1.54) is 12.1 Å². The predicted octanol–water partition coefficient (Wildman–Crippen LogP) is 3.46. The Kier molecular flexibility index (Phi) is 6.75. The van der Waals surface area contributed by atoms with Crippen molar-refractivity contribution in [3.05, 3.63) is 46.7 Å². The van der Waals surface area contributed by atoms with Crippen LogP contribution >= 0.6 is 11.3 Å². The van der Waals surface area contributed by atoms with Gasteiger partial charge in [0.25, 0.3) is 5.91 Å². The van der Waals surface area contributed by atoms with Crippen molar-refractivity contribution >= 4 is 37.8 Å². The van der Waals surface area contributed by atoms with Gasteiger partial charge in [-0.15, -0.1) is 0 Å². The van der Waals surface area contributed by atoms with E-state index in [4.69, 9.17) is 5.11 Å². The number of nitrogens with zero attached hydrogens (tertiary/aromatic N) is 1. The Labute approximate surface area is 189 Å². The Bertz CT molecular complexity index is 1120. The molecule has 172 valence electrons. The molecule has 1 unspecified atom stereocenters. The predicted molar refractivity (Wildman–Crippen MR) is 119 cm³/mol. The van der Waals surface area contributed by atoms with Gasteiger partial charge >= 0.3 is 0 Å². The minimum absolute atomic E-state index is 0.0275. The van der Waals surface area contributed by atoms with E-state index in [0.717, 1.165) is 25.7 Å². The summed E-state index contributed by atoms with van der Waals surface area (Å²) >= 11 is 0.570. The second-order valence-corrected chi connectivity index (χ2v) is 11.4. The Morgan fingerprint density at radius 2 is 1.88 bits per heavy atom. The number of carbonyl (C=O) groups excluding carboxylic acids is 1. The Balaban J connectivity index is 1.60. The van der Waals surface area contributed by atoms with Crippen molar-refractivity contribution in [3.63, 3.8) is 0 Å². The van der Waals surface area contributed by atoms with Crippen LogP contribution in [0, 0.1) is 11.0 Å². The van der Waals surface area contributed by atoms with E-state index in [9.17, 15) is 22.7 Å². The number of nitrogens with one attached hydrogen (secondary N) is 1. The number of anilines is 1. The minimum Gasteiger partial charge on any atom is -0.393 e. The van der Waals surface area contributed by atoms with Crippen LogP contribution in [0.2, 0.25) is 0 Å². The first-order chi connectivity index (χ1) is 15.3. The van der Waals surface area contributed by atoms with Crippen LogP contribution in [0.4, 0.5) is 9.52 Å². The molecule has 2 aliphatic rings. The monoisotopic (exact) mass is 480 g/mol. The summed E-state index contributed by atoms with van der Waals surface area (Å²) in [6, 6.07) is 6.30. The van der Waals surface area contributed by atoms with Crippen molar-refractivity contribution < 1.29 is 27.8 Å². The van der Waals surface area contributed by atoms with E-state index in [2.05, 4.69) is 10.3 Å². The zero-order valence-corrected chi connectivity index (χ0v) is 19.0. The first kappa shape index (κ1) is 23.0. The molecule has 1 aromatic carbocycles. The number of aliphatic hydroxyl groups excluding tert-OH is 2. The summed E-state index contributed by atoms with van der Waals surface area (Å²) in [4.78, 5) is 17.2. The van der Waals surface area contributed by atoms with Crippen molar-refractivity contribution in [2.45, 2.75) is 54.8 Å². The fourth-order valence-electron chi connectivity index (χ4n) is 3.88. The van der Waals surface area contributed by atoms with Crippen LogP contribution in [0.5, 0.6) is 0 Å². The molecule has 2 saturated carbocycles. The highest BCUT2D eigenvalue weighted by Crippen LogP contribution is 2.35. The van der Waals surface area contributed by atoms with Gasteiger partial charge in [-0.3, -0.25) is 10.1 Å². The highest BCUT2D eigenvalue weighted by molar-refractivity contribution is 7.92. The second kappa shape index (κ2) is 9.38. The van der Waals surface area contributed by atoms with Gasteiger partial charge in [-0.1, -0.05) is 42.4 Å². The van der Waals surface area contributed by atoms with Crippen LogP contribution in [0.1, 0.15) is 55.9 Å². The second-order valence-electron chi connectivity index (χ2n) is 8.22. The molecule has 0 spiro atoms. The number of benzene rings is 1. The van der Waals surface area contributed by atoms with Crippen LogP contribution in [0.3, 0.4) is 0 Å². The van der Waals surface area contributed by atoms with Crippen molar-refractivity contribution in [3.8, 4) is 0 Å². The van der Waals surface area contributed by atoms with Crippen LogP contribution in [-0.2, 0) is 14.6 Å². The third-order valence-corrected chi connectivity index (χ3v) is 8.88. The lowest BCUT2D eigenvalue weighted by Gasteiger charge is -2.12. The van der Waals surface area contributed by atoms with Gasteiger partial charge in [0, 0.05) is 5.57 Å². The summed E-state index contributed by atoms with van der Waals surface area (Å²) < 4.78 is 39.0. The SMILES string of the molecule is O=C(Nc1nc(C(O)CO)c(F)s1)C(=CC1CCCC1)c1ccc(S(=O)(=O)C2CC2)cc1. The quantitative estimate of drug-likeness (QED) is 0.498. The molecule has 1 amide bonds. The van der Waals surface area contributed by atoms with Crippen molar-refractivity contribution in [2.24, 2.45) is 5.92 Å². The molecule has 1 aromatic heterocycles. The zero-order valence-electron chi connectivity index (χ0n) is 17.3. The molecule has 1 atom stereocenters. The Hall–Kier alpha value is -2.14. The third kappa shape index (κ3) is 4.93. The van der Waals surface area contributed by atoms with Gasteiger partial charge < -0.3 is 10.2 Å². The Morgan fingerprint density at radius 1 is 1.22 bits per heavy atom. The minimum atomic E-state index is -3.33. The molecule has 2 aliphatic carbocycles. The normalized spacial score (nSPS) is 18.7. The first-order valence-corrected chi connectivity index (χ1v) is 13.0. The molecule has 2 aromatic rings. The van der Waals surface area contributed by atoms with Crippen LogP contribution in [0.15, 0.2) is 35.2 Å². The van der Waals surface area contributed by atoms with E-state index >= 15 is 0 Å². The molecule has 10 heteroatoms. The molecule has 2 fully saturated rings. The number of amides is 1. The molecule has 0 saturated heterocycles. The lowest BCUT2D eigenvalue weighted by Crippen LogP contribution is -2.15. The summed E-state index contributed by atoms with van der Waals surface area (Å²) in [6.07, 6.45) is 5.86. The smallest absolute Gasteiger partial charge is 0.257 e. The van der Waals surface area contributed by atoms with Crippen LogP contribution in [-0.4, -0.2) is 41.4 Å². The first-order valence-electron chi connectivity index (χ1n) is 10.6. The molecule has 0 aliphatic heterocycles. The van der Waals surface area contributed by atoms with Gasteiger partial charge in [0.1, 0.15) is 11.8 Å². The van der Waals surface area contributed by atoms with Gasteiger partial charge in [-0.2, -0.15) is 4.39 Å². The number of sulfone groups is 1. The lowest BCUT2D eigenvalue weighted by molar-refractivity contribution is -0.111. The van der Waals surface area contributed by atoms with E-state index in [1.54, 1.807) is 12.1 Å². The van der Waals surface area contributed by atoms with E-state index in [0.29, 0.717) is 35.3 Å². The van der Waals surface area contributed by atoms with E-state index in [1.807, 2.05) is 6.08 Å². The maximum atomic E-state index is 14.0. The number of rotatable bonds is 8. The zero-order chi connectivity index (χ0) is 22.9. The lowest BCUT2D eigenvalue weighted by atomic mass is 9.98. The number of allylic oxidation sites excluding steroid dienone is 1. The highest BCUT2D eigenvalue weighted by Gasteiger charge is 2.36. The molecule has 1 heterocycles. The maximum Gasteiger partial charge on any atom is 0.257 e. The summed E-state index contributed by atoms with van der Waals surface area (Å²) in [5.74, 6) is -0.265. The van der Waals surface area contributed by atoms with Crippen molar-refractivity contribution in [1.29, 1.82) is 0 Å². The molecular weight excluding hydrogens is 455 g/mol. The fourth-order valence-corrected chi connectivity index (χ4v) is 6.28. The van der Waals surface area contributed by atoms with Crippen LogP contribution < -0.4 is 5.32 Å². The number of aliphatic hydroxyl groups is 2. The largest absolute Gasteiger partial charge is 0.393 e. The Morgan fingerprint density at radius 3 is 2.47 bits per heavy atom. The molecule has 0 radical (unpaired) electrons. The third-order valence-electron chi connectivity index (χ3n) is 5.82. The van der Waals surface area contributed by atoms with Gasteiger partial charge in [0.15, 0.2) is 15.0 Å². The number of hydrogen-bond acceptors (Lipinski definition) is 7. The van der Waals surface area contributed by atoms with Gasteiger partial charge in [-0.25, -0.2) is 13.4 Å². The molecule has 0 bridgehead atoms. The summed E-state index contributed by atoms with van der Waals surface area (Å²) in [6.45, 7) is -0.684. The fraction of sp³-hybridized carbons (Fsp3) is 0.455. The van der Waals surface area contributed by atoms with Crippen molar-refractivity contribution in [1.82, 2.24) is 4.98 Å². The number of thiazole rings is 1. The maximum absolute atomic E-state index is 14.0. The summed E-state index contributed by atoms with van der Waals surface area (Å²) in [5, 5.41) is 20.1. The summed E-state index contributed by atoms with van der Waals surface area (Å²) in [5.41, 5.74) is 0.618. The van der Waals surface area contributed by atoms with E-state index in [-0.39, 0.29) is 26.9 Å². The average molecular weight is 481 g/mol. The molecule has 32 heavy (non-hydrogen) atoms. The number of hydrogen-bond donors (Lipinski definition) is 3. The molecule has 4 rings (SSSR count). The molecule has 3 N–H and O–H groups in total. The molecule has 7 nitrogen and oxygen atoms in total. The number of aromatic nitrogens is 1. The van der Waals surface area contributed by atoms with E-state index < -0.39 is 33.6 Å². The number of halogens is 1. The molecular formula is C22H25FN2O5S2. The summed E-state index contributed by atoms with van der Waals surface area (Å²) in [7, 11) is -3.33.